The van der Waals surface area contributed by atoms with Crippen molar-refractivity contribution in [1.82, 2.24) is 0 Å². The Morgan fingerprint density at radius 1 is 1.50 bits per heavy atom. The number of rotatable bonds is 4. The third-order valence-corrected chi connectivity index (χ3v) is 2.70. The van der Waals surface area contributed by atoms with E-state index < -0.39 is 11.2 Å². The maximum Gasteiger partial charge on any atom is 0.236 e. The van der Waals surface area contributed by atoms with Gasteiger partial charge in [0, 0.05) is 10.6 Å². The molecule has 5 heteroatoms. The number of halogens is 2. The lowest BCUT2D eigenvalue weighted by Crippen LogP contribution is -2.10. The number of aldehydes is 1. The van der Waals surface area contributed by atoms with E-state index >= 15 is 0 Å². The Bertz CT molecular complexity index is 429. The van der Waals surface area contributed by atoms with Gasteiger partial charge in [-0.1, -0.05) is 11.6 Å². The van der Waals surface area contributed by atoms with E-state index in [1.54, 1.807) is 12.1 Å². The second-order valence-electron chi connectivity index (χ2n) is 3.28. The van der Waals surface area contributed by atoms with Crippen molar-refractivity contribution in [2.75, 3.05) is 7.11 Å². The molecule has 0 spiro atoms. The molecular formula is C11H10Cl2O3. The lowest BCUT2D eigenvalue weighted by molar-refractivity contribution is -0.118. The summed E-state index contributed by atoms with van der Waals surface area (Å²) in [4.78, 5) is 21.9. The standard InChI is InChI=1S/C11H10Cl2O3/c1-6-3-8(12)10(9(4-6)16-2)7(5-14)11(13)15/h3-5,7H,1-2H3. The van der Waals surface area contributed by atoms with Gasteiger partial charge in [-0.2, -0.15) is 0 Å². The minimum absolute atomic E-state index is 0.294. The molecule has 0 bridgehead atoms. The van der Waals surface area contributed by atoms with Gasteiger partial charge in [0.05, 0.1) is 7.11 Å². The van der Waals surface area contributed by atoms with Gasteiger partial charge in [0.15, 0.2) is 0 Å². The Balaban J connectivity index is 3.40. The molecule has 1 aromatic carbocycles. The molecule has 0 heterocycles. The van der Waals surface area contributed by atoms with Crippen molar-refractivity contribution >= 4 is 34.7 Å². The molecule has 0 aliphatic carbocycles. The van der Waals surface area contributed by atoms with Crippen LogP contribution in [0.15, 0.2) is 12.1 Å². The number of methoxy groups -OCH3 is 1. The molecule has 0 aliphatic heterocycles. The highest BCUT2D eigenvalue weighted by atomic mass is 35.5. The van der Waals surface area contributed by atoms with Crippen LogP contribution in [-0.4, -0.2) is 18.6 Å². The minimum Gasteiger partial charge on any atom is -0.496 e. The zero-order valence-corrected chi connectivity index (χ0v) is 10.3. The highest BCUT2D eigenvalue weighted by Crippen LogP contribution is 2.34. The van der Waals surface area contributed by atoms with Gasteiger partial charge < -0.3 is 9.53 Å². The molecule has 0 amide bonds. The second-order valence-corrected chi connectivity index (χ2v) is 4.06. The van der Waals surface area contributed by atoms with Crippen LogP contribution in [0.3, 0.4) is 0 Å². The summed E-state index contributed by atoms with van der Waals surface area (Å²) in [5, 5.41) is -0.484. The van der Waals surface area contributed by atoms with Crippen LogP contribution in [0.25, 0.3) is 0 Å². The van der Waals surface area contributed by atoms with E-state index in [4.69, 9.17) is 27.9 Å². The van der Waals surface area contributed by atoms with Gasteiger partial charge in [0.25, 0.3) is 0 Å². The first kappa shape index (κ1) is 13.0. The average molecular weight is 261 g/mol. The molecule has 0 fully saturated rings. The zero-order valence-electron chi connectivity index (χ0n) is 8.79. The van der Waals surface area contributed by atoms with E-state index in [2.05, 4.69) is 0 Å². The van der Waals surface area contributed by atoms with E-state index in [0.717, 1.165) is 5.56 Å². The second kappa shape index (κ2) is 5.32. The molecule has 0 radical (unpaired) electrons. The Kier molecular flexibility index (Phi) is 4.33. The number of hydrogen-bond acceptors (Lipinski definition) is 3. The number of carbonyl (C=O) groups excluding carboxylic acids is 2. The number of hydrogen-bond donors (Lipinski definition) is 0. The smallest absolute Gasteiger partial charge is 0.236 e. The third kappa shape index (κ3) is 2.54. The van der Waals surface area contributed by atoms with Crippen molar-refractivity contribution in [3.8, 4) is 5.75 Å². The Hall–Kier alpha value is -1.06. The summed E-state index contributed by atoms with van der Waals surface area (Å²) in [6.07, 6.45) is 0.453. The zero-order chi connectivity index (χ0) is 12.3. The van der Waals surface area contributed by atoms with Crippen LogP contribution in [0.1, 0.15) is 17.0 Å². The van der Waals surface area contributed by atoms with Crippen molar-refractivity contribution in [3.63, 3.8) is 0 Å². The largest absolute Gasteiger partial charge is 0.496 e. The van der Waals surface area contributed by atoms with Gasteiger partial charge in [0.1, 0.15) is 18.0 Å². The van der Waals surface area contributed by atoms with Crippen LogP contribution in [0, 0.1) is 6.92 Å². The molecule has 16 heavy (non-hydrogen) atoms. The summed E-state index contributed by atoms with van der Waals surface area (Å²) in [6.45, 7) is 1.83. The average Bonchev–Trinajstić information content (AvgIpc) is 2.21. The van der Waals surface area contributed by atoms with Gasteiger partial charge in [0.2, 0.25) is 5.24 Å². The van der Waals surface area contributed by atoms with E-state index in [1.807, 2.05) is 6.92 Å². The first-order valence-electron chi connectivity index (χ1n) is 4.50. The molecule has 1 unspecified atom stereocenters. The molecule has 3 nitrogen and oxygen atoms in total. The normalized spacial score (nSPS) is 12.0. The molecule has 0 N–H and O–H groups in total. The summed E-state index contributed by atoms with van der Waals surface area (Å²) < 4.78 is 5.09. The van der Waals surface area contributed by atoms with Gasteiger partial charge >= 0.3 is 0 Å². The Morgan fingerprint density at radius 3 is 2.56 bits per heavy atom. The molecule has 1 atom stereocenters. The van der Waals surface area contributed by atoms with Crippen LogP contribution in [0.4, 0.5) is 0 Å². The van der Waals surface area contributed by atoms with Crippen LogP contribution < -0.4 is 4.74 Å². The van der Waals surface area contributed by atoms with Gasteiger partial charge in [-0.05, 0) is 36.2 Å². The van der Waals surface area contributed by atoms with Gasteiger partial charge in [-0.25, -0.2) is 0 Å². The van der Waals surface area contributed by atoms with Crippen molar-refractivity contribution < 1.29 is 14.3 Å². The molecule has 1 rings (SSSR count). The topological polar surface area (TPSA) is 43.4 Å². The predicted molar refractivity (Wildman–Crippen MR) is 62.4 cm³/mol. The fraction of sp³-hybridized carbons (Fsp3) is 0.273. The van der Waals surface area contributed by atoms with Crippen LogP contribution in [0.2, 0.25) is 5.02 Å². The lowest BCUT2D eigenvalue weighted by Gasteiger charge is -2.14. The molecular weight excluding hydrogens is 251 g/mol. The summed E-state index contributed by atoms with van der Waals surface area (Å²) in [5.74, 6) is -0.708. The number of carbonyl (C=O) groups is 2. The fourth-order valence-electron chi connectivity index (χ4n) is 1.43. The highest BCUT2D eigenvalue weighted by Gasteiger charge is 2.24. The van der Waals surface area contributed by atoms with Gasteiger partial charge in [-0.15, -0.1) is 0 Å². The molecule has 86 valence electrons. The van der Waals surface area contributed by atoms with E-state index in [0.29, 0.717) is 22.6 Å². The predicted octanol–water partition coefficient (Wildman–Crippen LogP) is 2.70. The summed E-state index contributed by atoms with van der Waals surface area (Å²) in [6, 6.07) is 3.34. The maximum atomic E-state index is 11.1. The summed E-state index contributed by atoms with van der Waals surface area (Å²) in [5.41, 5.74) is 1.18. The van der Waals surface area contributed by atoms with E-state index in [-0.39, 0.29) is 0 Å². The third-order valence-electron chi connectivity index (χ3n) is 2.15. The first-order valence-corrected chi connectivity index (χ1v) is 5.25. The molecule has 0 aromatic heterocycles. The highest BCUT2D eigenvalue weighted by molar-refractivity contribution is 6.66. The molecule has 0 saturated carbocycles. The lowest BCUT2D eigenvalue weighted by atomic mass is 9.99. The molecule has 1 aromatic rings. The van der Waals surface area contributed by atoms with Crippen LogP contribution >= 0.6 is 23.2 Å². The monoisotopic (exact) mass is 260 g/mol. The van der Waals surface area contributed by atoms with Crippen molar-refractivity contribution in [3.05, 3.63) is 28.3 Å². The number of ether oxygens (including phenoxy) is 1. The SMILES string of the molecule is COc1cc(C)cc(Cl)c1C(C=O)C(=O)Cl. The van der Waals surface area contributed by atoms with E-state index in [1.165, 1.54) is 7.11 Å². The summed E-state index contributed by atoms with van der Waals surface area (Å²) in [7, 11) is 1.44. The molecule has 0 aliphatic rings. The Labute approximate surface area is 103 Å². The number of benzene rings is 1. The summed E-state index contributed by atoms with van der Waals surface area (Å²) >= 11 is 11.3. The fourth-order valence-corrected chi connectivity index (χ4v) is 1.97. The van der Waals surface area contributed by atoms with Crippen molar-refractivity contribution in [1.29, 1.82) is 0 Å². The van der Waals surface area contributed by atoms with Gasteiger partial charge in [-0.3, -0.25) is 4.79 Å². The first-order chi connectivity index (χ1) is 7.51. The van der Waals surface area contributed by atoms with Crippen LogP contribution in [0.5, 0.6) is 5.75 Å². The minimum atomic E-state index is -1.09. The van der Waals surface area contributed by atoms with Crippen LogP contribution in [-0.2, 0) is 9.59 Å². The van der Waals surface area contributed by atoms with Crippen molar-refractivity contribution in [2.24, 2.45) is 0 Å². The molecule has 0 saturated heterocycles. The van der Waals surface area contributed by atoms with Crippen molar-refractivity contribution in [2.45, 2.75) is 12.8 Å². The van der Waals surface area contributed by atoms with E-state index in [9.17, 15) is 9.59 Å². The maximum absolute atomic E-state index is 11.1. The Morgan fingerprint density at radius 2 is 2.12 bits per heavy atom. The quantitative estimate of drug-likeness (QED) is 0.475. The number of aryl methyl sites for hydroxylation is 1.